The number of thiazole rings is 1. The number of thioether (sulfide) groups is 1. The van der Waals surface area contributed by atoms with E-state index in [1.165, 1.54) is 28.4 Å². The minimum atomic E-state index is -0.506. The van der Waals surface area contributed by atoms with E-state index in [9.17, 15) is 14.0 Å². The average Bonchev–Trinajstić information content (AvgIpc) is 3.32. The molecule has 0 saturated carbocycles. The van der Waals surface area contributed by atoms with Crippen LogP contribution in [0.2, 0.25) is 0 Å². The average molecular weight is 442 g/mol. The van der Waals surface area contributed by atoms with Gasteiger partial charge in [0, 0.05) is 24.2 Å². The fraction of sp³-hybridized carbons (Fsp3) is 0.227. The molecule has 1 unspecified atom stereocenters. The van der Waals surface area contributed by atoms with Crippen LogP contribution < -0.4 is 10.2 Å². The summed E-state index contributed by atoms with van der Waals surface area (Å²) in [6, 6.07) is 15.6. The predicted octanol–water partition coefficient (Wildman–Crippen LogP) is 5.05. The van der Waals surface area contributed by atoms with Crippen molar-refractivity contribution in [2.45, 2.75) is 17.7 Å². The first-order valence-electron chi connectivity index (χ1n) is 9.61. The lowest BCUT2D eigenvalue weighted by Crippen LogP contribution is -2.28. The van der Waals surface area contributed by atoms with Crippen molar-refractivity contribution in [1.82, 2.24) is 4.98 Å². The van der Waals surface area contributed by atoms with E-state index in [1.54, 1.807) is 23.9 Å². The Morgan fingerprint density at radius 1 is 1.27 bits per heavy atom. The van der Waals surface area contributed by atoms with Crippen LogP contribution in [0, 0.1) is 11.7 Å². The summed E-state index contributed by atoms with van der Waals surface area (Å²) in [5.41, 5.74) is 2.13. The Morgan fingerprint density at radius 2 is 2.07 bits per heavy atom. The number of anilines is 2. The maximum Gasteiger partial charge on any atom is 0.230 e. The van der Waals surface area contributed by atoms with E-state index in [0.717, 1.165) is 21.3 Å². The lowest BCUT2D eigenvalue weighted by atomic mass is 10.1. The van der Waals surface area contributed by atoms with Crippen molar-refractivity contribution in [3.8, 4) is 11.3 Å². The van der Waals surface area contributed by atoms with E-state index >= 15 is 0 Å². The van der Waals surface area contributed by atoms with Crippen LogP contribution in [-0.4, -0.2) is 29.1 Å². The van der Waals surface area contributed by atoms with Gasteiger partial charge in [-0.3, -0.25) is 9.59 Å². The van der Waals surface area contributed by atoms with Crippen molar-refractivity contribution in [3.05, 3.63) is 60.4 Å². The van der Waals surface area contributed by atoms with Gasteiger partial charge in [-0.05, 0) is 24.0 Å². The van der Waals surface area contributed by atoms with Crippen molar-refractivity contribution in [2.24, 2.45) is 5.92 Å². The monoisotopic (exact) mass is 441 g/mol. The van der Waals surface area contributed by atoms with Crippen LogP contribution in [0.3, 0.4) is 0 Å². The van der Waals surface area contributed by atoms with Crippen molar-refractivity contribution in [3.63, 3.8) is 0 Å². The lowest BCUT2D eigenvalue weighted by molar-refractivity contribution is -0.122. The number of carbonyl (C=O) groups is 2. The van der Waals surface area contributed by atoms with Crippen LogP contribution in [0.5, 0.6) is 0 Å². The van der Waals surface area contributed by atoms with E-state index in [2.05, 4.69) is 17.2 Å². The van der Waals surface area contributed by atoms with Crippen LogP contribution in [0.4, 0.5) is 15.1 Å². The van der Waals surface area contributed by atoms with Gasteiger partial charge in [0.05, 0.1) is 5.92 Å². The zero-order chi connectivity index (χ0) is 21.1. The van der Waals surface area contributed by atoms with E-state index in [1.807, 2.05) is 30.3 Å². The summed E-state index contributed by atoms with van der Waals surface area (Å²) in [5.74, 6) is -0.443. The molecule has 154 valence electrons. The molecule has 8 heteroatoms. The molecule has 1 aliphatic rings. The highest BCUT2D eigenvalue weighted by Crippen LogP contribution is 2.38. The van der Waals surface area contributed by atoms with Crippen molar-refractivity contribution in [1.29, 1.82) is 0 Å². The fourth-order valence-electron chi connectivity index (χ4n) is 3.35. The summed E-state index contributed by atoms with van der Waals surface area (Å²) in [6.45, 7) is 2.28. The number of carbonyl (C=O) groups excluding carboxylic acids is 2. The van der Waals surface area contributed by atoms with Crippen LogP contribution >= 0.6 is 23.1 Å². The molecule has 1 atom stereocenters. The highest BCUT2D eigenvalue weighted by Gasteiger charge is 2.35. The molecule has 3 aromatic rings. The normalized spacial score (nSPS) is 16.1. The molecule has 1 N–H and O–H groups in total. The molecule has 0 aliphatic carbocycles. The molecule has 0 bridgehead atoms. The summed E-state index contributed by atoms with van der Waals surface area (Å²) in [4.78, 5) is 31.6. The van der Waals surface area contributed by atoms with Gasteiger partial charge in [0.2, 0.25) is 11.8 Å². The third-order valence-electron chi connectivity index (χ3n) is 4.78. The van der Waals surface area contributed by atoms with E-state index in [4.69, 9.17) is 0 Å². The molecular weight excluding hydrogens is 421 g/mol. The second-order valence-electron chi connectivity index (χ2n) is 6.83. The molecule has 0 radical (unpaired) electrons. The summed E-state index contributed by atoms with van der Waals surface area (Å²) in [6.07, 6.45) is 0.0956. The Morgan fingerprint density at radius 3 is 2.80 bits per heavy atom. The second-order valence-corrected chi connectivity index (χ2v) is 9.34. The Hall–Kier alpha value is -2.71. The van der Waals surface area contributed by atoms with Crippen molar-refractivity contribution < 1.29 is 14.0 Å². The number of nitrogens with zero attached hydrogens (tertiary/aromatic N) is 2. The number of hydrogen-bond acceptors (Lipinski definition) is 5. The molecule has 30 heavy (non-hydrogen) atoms. The van der Waals surface area contributed by atoms with Gasteiger partial charge in [-0.25, -0.2) is 9.37 Å². The number of amides is 2. The molecule has 4 rings (SSSR count). The highest BCUT2D eigenvalue weighted by molar-refractivity contribution is 8.01. The zero-order valence-corrected chi connectivity index (χ0v) is 17.9. The van der Waals surface area contributed by atoms with E-state index < -0.39 is 11.7 Å². The number of benzene rings is 2. The molecule has 2 amide bonds. The van der Waals surface area contributed by atoms with Crippen molar-refractivity contribution in [2.75, 3.05) is 22.5 Å². The number of aromatic nitrogens is 1. The molecule has 5 nitrogen and oxygen atoms in total. The van der Waals surface area contributed by atoms with Gasteiger partial charge in [-0.1, -0.05) is 66.4 Å². The Labute approximate surface area is 182 Å². The van der Waals surface area contributed by atoms with Crippen LogP contribution in [0.15, 0.2) is 58.9 Å². The summed E-state index contributed by atoms with van der Waals surface area (Å²) < 4.78 is 14.4. The van der Waals surface area contributed by atoms with Gasteiger partial charge >= 0.3 is 0 Å². The number of halogens is 1. The first kappa shape index (κ1) is 20.6. The first-order valence-corrected chi connectivity index (χ1v) is 11.4. The fourth-order valence-corrected chi connectivity index (χ4v) is 5.32. The van der Waals surface area contributed by atoms with Gasteiger partial charge < -0.3 is 10.2 Å². The van der Waals surface area contributed by atoms with Crippen LogP contribution in [0.1, 0.15) is 13.3 Å². The lowest BCUT2D eigenvalue weighted by Gasteiger charge is -2.16. The van der Waals surface area contributed by atoms with Gasteiger partial charge in [0.15, 0.2) is 4.34 Å². The van der Waals surface area contributed by atoms with E-state index in [0.29, 0.717) is 10.7 Å². The highest BCUT2D eigenvalue weighted by atomic mass is 32.2. The van der Waals surface area contributed by atoms with Crippen LogP contribution in [0.25, 0.3) is 11.3 Å². The molecular formula is C22H20FN3O2S2. The minimum absolute atomic E-state index is 0.0956. The Balaban J connectivity index is 1.53. The maximum atomic E-state index is 13.5. The minimum Gasteiger partial charge on any atom is -0.316 e. The van der Waals surface area contributed by atoms with Gasteiger partial charge in [0.1, 0.15) is 16.5 Å². The summed E-state index contributed by atoms with van der Waals surface area (Å²) >= 11 is 3.06. The molecule has 2 aromatic carbocycles. The molecule has 2 heterocycles. The molecule has 0 spiro atoms. The number of hydrogen-bond donors (Lipinski definition) is 1. The molecule has 1 saturated heterocycles. The third kappa shape index (κ3) is 4.39. The zero-order valence-electron chi connectivity index (χ0n) is 16.3. The molecule has 1 aliphatic heterocycles. The topological polar surface area (TPSA) is 62.3 Å². The SMILES string of the molecule is CCSc1nc(-c2ccccc2)c(NC(=O)C2CC(=O)N(c3cccc(F)c3)C2)s1. The van der Waals surface area contributed by atoms with Crippen LogP contribution in [-0.2, 0) is 9.59 Å². The quantitative estimate of drug-likeness (QED) is 0.544. The van der Waals surface area contributed by atoms with Gasteiger partial charge in [0.25, 0.3) is 0 Å². The third-order valence-corrected chi connectivity index (χ3v) is 6.77. The maximum absolute atomic E-state index is 13.5. The number of nitrogens with one attached hydrogen (secondary N) is 1. The molecule has 1 aromatic heterocycles. The largest absolute Gasteiger partial charge is 0.316 e. The summed E-state index contributed by atoms with van der Waals surface area (Å²) in [7, 11) is 0. The predicted molar refractivity (Wildman–Crippen MR) is 119 cm³/mol. The Bertz CT molecular complexity index is 1070. The van der Waals surface area contributed by atoms with Gasteiger partial charge in [-0.2, -0.15) is 0 Å². The molecule has 1 fully saturated rings. The van der Waals surface area contributed by atoms with Gasteiger partial charge in [-0.15, -0.1) is 0 Å². The summed E-state index contributed by atoms with van der Waals surface area (Å²) in [5, 5.41) is 3.66. The first-order chi connectivity index (χ1) is 14.5. The van der Waals surface area contributed by atoms with E-state index in [-0.39, 0.29) is 24.8 Å². The standard InChI is InChI=1S/C22H20FN3O2S2/c1-2-29-22-24-19(14-7-4-3-5-8-14)21(30-22)25-20(28)15-11-18(27)26(13-15)17-10-6-9-16(23)12-17/h3-10,12,15H,2,11,13H2,1H3,(H,25,28). The smallest absolute Gasteiger partial charge is 0.230 e. The second kappa shape index (κ2) is 8.97. The Kier molecular flexibility index (Phi) is 6.15. The van der Waals surface area contributed by atoms with Crippen molar-refractivity contribution >= 4 is 45.6 Å². The number of rotatable bonds is 6.